The first-order valence-electron chi connectivity index (χ1n) is 8.87. The molecule has 0 bridgehead atoms. The van der Waals surface area contributed by atoms with E-state index in [0.717, 1.165) is 16.9 Å². The standard InChI is InChI=1S/C21H21ClN2O3/c1-16-11-17(22)7-8-20(16)21(14-24-10-9-23-15-24)26-13-19(27-21)12-25-18-5-3-2-4-6-18/h2-11,15,19H,12-14H2,1H3. The van der Waals surface area contributed by atoms with Gasteiger partial charge in [0.1, 0.15) is 18.5 Å². The molecule has 140 valence electrons. The van der Waals surface area contributed by atoms with Crippen molar-refractivity contribution in [2.45, 2.75) is 25.4 Å². The van der Waals surface area contributed by atoms with Crippen molar-refractivity contribution in [1.29, 1.82) is 0 Å². The third-order valence-electron chi connectivity index (χ3n) is 4.59. The Morgan fingerprint density at radius 2 is 2.11 bits per heavy atom. The number of imidazole rings is 1. The second-order valence-electron chi connectivity index (χ2n) is 6.62. The average Bonchev–Trinajstić information content (AvgIpc) is 3.32. The average molecular weight is 385 g/mol. The fraction of sp³-hybridized carbons (Fsp3) is 0.286. The zero-order valence-corrected chi connectivity index (χ0v) is 15.8. The van der Waals surface area contributed by atoms with Crippen LogP contribution in [-0.2, 0) is 21.8 Å². The molecule has 1 aromatic heterocycles. The monoisotopic (exact) mass is 384 g/mol. The second kappa shape index (κ2) is 7.72. The van der Waals surface area contributed by atoms with E-state index in [-0.39, 0.29) is 6.10 Å². The lowest BCUT2D eigenvalue weighted by molar-refractivity contribution is -0.189. The van der Waals surface area contributed by atoms with Crippen LogP contribution in [0.5, 0.6) is 5.75 Å². The van der Waals surface area contributed by atoms with E-state index in [4.69, 9.17) is 25.8 Å². The number of rotatable bonds is 6. The molecular weight excluding hydrogens is 364 g/mol. The Morgan fingerprint density at radius 1 is 1.26 bits per heavy atom. The first-order chi connectivity index (χ1) is 13.1. The number of hydrogen-bond donors (Lipinski definition) is 0. The van der Waals surface area contributed by atoms with Crippen molar-refractivity contribution in [2.24, 2.45) is 0 Å². The van der Waals surface area contributed by atoms with Gasteiger partial charge in [-0.1, -0.05) is 35.9 Å². The summed E-state index contributed by atoms with van der Waals surface area (Å²) in [5.74, 6) is -0.0871. The summed E-state index contributed by atoms with van der Waals surface area (Å²) < 4.78 is 20.5. The van der Waals surface area contributed by atoms with Gasteiger partial charge >= 0.3 is 0 Å². The predicted molar refractivity (Wildman–Crippen MR) is 103 cm³/mol. The van der Waals surface area contributed by atoms with Gasteiger partial charge in [0.25, 0.3) is 0 Å². The van der Waals surface area contributed by atoms with Gasteiger partial charge in [0.2, 0.25) is 5.79 Å². The smallest absolute Gasteiger partial charge is 0.214 e. The molecule has 4 rings (SSSR count). The molecule has 3 aromatic rings. The molecule has 0 radical (unpaired) electrons. The van der Waals surface area contributed by atoms with Gasteiger partial charge in [-0.2, -0.15) is 0 Å². The topological polar surface area (TPSA) is 45.5 Å². The molecule has 0 aliphatic carbocycles. The summed E-state index contributed by atoms with van der Waals surface area (Å²) in [6, 6.07) is 15.5. The minimum absolute atomic E-state index is 0.177. The van der Waals surface area contributed by atoms with Crippen LogP contribution < -0.4 is 4.74 Å². The van der Waals surface area contributed by atoms with E-state index in [1.165, 1.54) is 0 Å². The maximum absolute atomic E-state index is 6.41. The van der Waals surface area contributed by atoms with E-state index in [2.05, 4.69) is 4.98 Å². The van der Waals surface area contributed by atoms with Gasteiger partial charge in [0.15, 0.2) is 0 Å². The highest BCUT2D eigenvalue weighted by molar-refractivity contribution is 6.30. The Labute approximate surface area is 163 Å². The fourth-order valence-electron chi connectivity index (χ4n) is 3.34. The molecule has 5 nitrogen and oxygen atoms in total. The molecule has 2 unspecified atom stereocenters. The van der Waals surface area contributed by atoms with Gasteiger partial charge in [-0.05, 0) is 36.8 Å². The summed E-state index contributed by atoms with van der Waals surface area (Å²) in [6.45, 7) is 3.38. The molecule has 1 aliphatic heterocycles. The second-order valence-corrected chi connectivity index (χ2v) is 7.06. The SMILES string of the molecule is Cc1cc(Cl)ccc1C1(Cn2ccnc2)OCC(COc2ccccc2)O1. The molecule has 2 aromatic carbocycles. The zero-order chi connectivity index (χ0) is 18.7. The molecule has 0 amide bonds. The normalized spacial score (nSPS) is 22.1. The molecule has 2 atom stereocenters. The quantitative estimate of drug-likeness (QED) is 0.639. The number of ether oxygens (including phenoxy) is 3. The first-order valence-corrected chi connectivity index (χ1v) is 9.24. The summed E-state index contributed by atoms with van der Waals surface area (Å²) in [7, 11) is 0. The minimum Gasteiger partial charge on any atom is -0.491 e. The lowest BCUT2D eigenvalue weighted by atomic mass is 10.00. The molecule has 0 spiro atoms. The molecular formula is C21H21ClN2O3. The Kier molecular flexibility index (Phi) is 5.16. The van der Waals surface area contributed by atoms with Gasteiger partial charge in [0, 0.05) is 23.0 Å². The summed E-state index contributed by atoms with van der Waals surface area (Å²) in [6.07, 6.45) is 5.22. The third kappa shape index (κ3) is 4.00. The molecule has 6 heteroatoms. The Balaban J connectivity index is 1.56. The van der Waals surface area contributed by atoms with E-state index in [9.17, 15) is 0 Å². The number of aromatic nitrogens is 2. The minimum atomic E-state index is -0.903. The summed E-state index contributed by atoms with van der Waals surface area (Å²) >= 11 is 6.14. The van der Waals surface area contributed by atoms with Crippen molar-refractivity contribution >= 4 is 11.6 Å². The number of aryl methyl sites for hydroxylation is 1. The number of benzene rings is 2. The fourth-order valence-corrected chi connectivity index (χ4v) is 3.56. The van der Waals surface area contributed by atoms with E-state index in [0.29, 0.717) is 24.8 Å². The van der Waals surface area contributed by atoms with Crippen LogP contribution in [0.2, 0.25) is 5.02 Å². The van der Waals surface area contributed by atoms with Gasteiger partial charge in [-0.15, -0.1) is 0 Å². The van der Waals surface area contributed by atoms with E-state index >= 15 is 0 Å². The maximum Gasteiger partial charge on any atom is 0.214 e. The van der Waals surface area contributed by atoms with E-state index in [1.807, 2.05) is 66.2 Å². The Hall–Kier alpha value is -2.34. The molecule has 27 heavy (non-hydrogen) atoms. The van der Waals surface area contributed by atoms with Crippen LogP contribution in [-0.4, -0.2) is 28.9 Å². The van der Waals surface area contributed by atoms with Gasteiger partial charge in [-0.3, -0.25) is 0 Å². The predicted octanol–water partition coefficient (Wildman–Crippen LogP) is 4.19. The van der Waals surface area contributed by atoms with E-state index in [1.54, 1.807) is 12.5 Å². The number of nitrogens with zero attached hydrogens (tertiary/aromatic N) is 2. The zero-order valence-electron chi connectivity index (χ0n) is 15.0. The summed E-state index contributed by atoms with van der Waals surface area (Å²) in [4.78, 5) is 4.13. The maximum atomic E-state index is 6.41. The van der Waals surface area contributed by atoms with Gasteiger partial charge < -0.3 is 18.8 Å². The van der Waals surface area contributed by atoms with E-state index < -0.39 is 5.79 Å². The molecule has 0 saturated carbocycles. The van der Waals surface area contributed by atoms with Crippen LogP contribution in [0.3, 0.4) is 0 Å². The van der Waals surface area contributed by atoms with Crippen molar-refractivity contribution in [3.63, 3.8) is 0 Å². The van der Waals surface area contributed by atoms with Crippen LogP contribution >= 0.6 is 11.6 Å². The molecule has 1 saturated heterocycles. The molecule has 1 fully saturated rings. The van der Waals surface area contributed by atoms with Gasteiger partial charge in [-0.25, -0.2) is 4.98 Å². The van der Waals surface area contributed by atoms with Crippen LogP contribution in [0.1, 0.15) is 11.1 Å². The lowest BCUT2D eigenvalue weighted by Gasteiger charge is -2.30. The third-order valence-corrected chi connectivity index (χ3v) is 4.82. The number of para-hydroxylation sites is 1. The Morgan fingerprint density at radius 3 is 2.85 bits per heavy atom. The highest BCUT2D eigenvalue weighted by atomic mass is 35.5. The largest absolute Gasteiger partial charge is 0.491 e. The van der Waals surface area contributed by atoms with Crippen molar-refractivity contribution in [3.8, 4) is 5.75 Å². The lowest BCUT2D eigenvalue weighted by Crippen LogP contribution is -2.35. The van der Waals surface area contributed by atoms with Crippen LogP contribution in [0.25, 0.3) is 0 Å². The van der Waals surface area contributed by atoms with Crippen molar-refractivity contribution in [1.82, 2.24) is 9.55 Å². The molecule has 1 aliphatic rings. The van der Waals surface area contributed by atoms with Crippen molar-refractivity contribution < 1.29 is 14.2 Å². The van der Waals surface area contributed by atoms with Crippen LogP contribution in [0.15, 0.2) is 67.3 Å². The highest BCUT2D eigenvalue weighted by Gasteiger charge is 2.44. The first kappa shape index (κ1) is 18.0. The molecule has 2 heterocycles. The molecule has 0 N–H and O–H groups in total. The summed E-state index contributed by atoms with van der Waals surface area (Å²) in [5.41, 5.74) is 1.98. The van der Waals surface area contributed by atoms with Crippen LogP contribution in [0.4, 0.5) is 0 Å². The highest BCUT2D eigenvalue weighted by Crippen LogP contribution is 2.38. The van der Waals surface area contributed by atoms with Crippen molar-refractivity contribution in [3.05, 3.63) is 83.4 Å². The number of hydrogen-bond acceptors (Lipinski definition) is 4. The number of halogens is 1. The Bertz CT molecular complexity index is 886. The van der Waals surface area contributed by atoms with Crippen LogP contribution in [0, 0.1) is 6.92 Å². The summed E-state index contributed by atoms with van der Waals surface area (Å²) in [5, 5.41) is 0.691. The van der Waals surface area contributed by atoms with Crippen molar-refractivity contribution in [2.75, 3.05) is 13.2 Å². The van der Waals surface area contributed by atoms with Gasteiger partial charge in [0.05, 0.1) is 19.5 Å².